The predicted molar refractivity (Wildman–Crippen MR) is 74.5 cm³/mol. The van der Waals surface area contributed by atoms with Crippen molar-refractivity contribution >= 4 is 5.97 Å². The average Bonchev–Trinajstić information content (AvgIpc) is 2.37. The molecule has 0 amide bonds. The van der Waals surface area contributed by atoms with Crippen molar-refractivity contribution in [3.63, 3.8) is 0 Å². The van der Waals surface area contributed by atoms with Crippen molar-refractivity contribution in [1.82, 2.24) is 0 Å². The molecule has 0 aromatic rings. The summed E-state index contributed by atoms with van der Waals surface area (Å²) in [6, 6.07) is 0. The second-order valence-electron chi connectivity index (χ2n) is 4.95. The summed E-state index contributed by atoms with van der Waals surface area (Å²) < 4.78 is 4.97. The molecular formula is C15H30O3. The van der Waals surface area contributed by atoms with Gasteiger partial charge in [-0.1, -0.05) is 65.2 Å². The summed E-state index contributed by atoms with van der Waals surface area (Å²) >= 11 is 0. The third-order valence-electron chi connectivity index (χ3n) is 3.10. The number of aliphatic hydroxyl groups excluding tert-OH is 1. The Bertz CT molecular complexity index is 192. The fourth-order valence-corrected chi connectivity index (χ4v) is 1.83. The molecule has 0 aliphatic carbocycles. The summed E-state index contributed by atoms with van der Waals surface area (Å²) in [6.07, 6.45) is 9.86. The normalized spacial score (nSPS) is 12.4. The van der Waals surface area contributed by atoms with E-state index >= 15 is 0 Å². The lowest BCUT2D eigenvalue weighted by atomic mass is 10.1. The molecule has 0 aromatic carbocycles. The van der Waals surface area contributed by atoms with E-state index in [1.165, 1.54) is 32.1 Å². The minimum Gasteiger partial charge on any atom is -0.464 e. The molecule has 0 rings (SSSR count). The summed E-state index contributed by atoms with van der Waals surface area (Å²) in [6.45, 7) is 4.69. The molecule has 18 heavy (non-hydrogen) atoms. The summed E-state index contributed by atoms with van der Waals surface area (Å²) in [4.78, 5) is 11.4. The third-order valence-corrected chi connectivity index (χ3v) is 3.10. The Balaban J connectivity index is 3.34. The summed E-state index contributed by atoms with van der Waals surface area (Å²) in [7, 11) is 0. The van der Waals surface area contributed by atoms with Crippen LogP contribution in [0.1, 0.15) is 78.1 Å². The van der Waals surface area contributed by atoms with Crippen LogP contribution in [0.15, 0.2) is 0 Å². The van der Waals surface area contributed by atoms with Crippen LogP contribution in [-0.2, 0) is 9.53 Å². The minimum atomic E-state index is -0.919. The van der Waals surface area contributed by atoms with Crippen molar-refractivity contribution in [2.45, 2.75) is 84.2 Å². The lowest BCUT2D eigenvalue weighted by molar-refractivity contribution is -0.154. The number of carbonyl (C=O) groups excluding carboxylic acids is 1. The number of aliphatic hydroxyl groups is 1. The number of hydrogen-bond acceptors (Lipinski definition) is 3. The zero-order valence-electron chi connectivity index (χ0n) is 12.1. The van der Waals surface area contributed by atoms with Crippen molar-refractivity contribution in [2.24, 2.45) is 0 Å². The van der Waals surface area contributed by atoms with E-state index in [1.54, 1.807) is 0 Å². The maximum absolute atomic E-state index is 11.4. The molecule has 1 N–H and O–H groups in total. The highest BCUT2D eigenvalue weighted by Crippen LogP contribution is 2.10. The van der Waals surface area contributed by atoms with Crippen LogP contribution in [0, 0.1) is 0 Å². The largest absolute Gasteiger partial charge is 0.464 e. The van der Waals surface area contributed by atoms with Gasteiger partial charge >= 0.3 is 5.97 Å². The lowest BCUT2D eigenvalue weighted by Crippen LogP contribution is -2.23. The molecule has 0 saturated heterocycles. The predicted octanol–water partition coefficient (Wildman–Crippen LogP) is 3.83. The van der Waals surface area contributed by atoms with E-state index in [4.69, 9.17) is 4.74 Å². The zero-order chi connectivity index (χ0) is 13.6. The monoisotopic (exact) mass is 258 g/mol. The zero-order valence-corrected chi connectivity index (χ0v) is 12.1. The average molecular weight is 258 g/mol. The van der Waals surface area contributed by atoms with Gasteiger partial charge in [0.2, 0.25) is 0 Å². The van der Waals surface area contributed by atoms with Crippen LogP contribution >= 0.6 is 0 Å². The van der Waals surface area contributed by atoms with Crippen LogP contribution in [0.5, 0.6) is 0 Å². The molecule has 1 unspecified atom stereocenters. The van der Waals surface area contributed by atoms with Gasteiger partial charge in [0, 0.05) is 0 Å². The number of rotatable bonds is 12. The second kappa shape index (κ2) is 12.9. The first-order valence-corrected chi connectivity index (χ1v) is 7.57. The fraction of sp³-hybridized carbons (Fsp3) is 0.933. The molecule has 0 saturated carbocycles. The summed E-state index contributed by atoms with van der Waals surface area (Å²) in [5.74, 6) is -0.450. The molecule has 0 aromatic heterocycles. The summed E-state index contributed by atoms with van der Waals surface area (Å²) in [5.41, 5.74) is 0. The van der Waals surface area contributed by atoms with Gasteiger partial charge in [0.1, 0.15) is 0 Å². The highest BCUT2D eigenvalue weighted by atomic mass is 16.5. The molecular weight excluding hydrogens is 228 g/mol. The van der Waals surface area contributed by atoms with Crippen LogP contribution in [0.4, 0.5) is 0 Å². The van der Waals surface area contributed by atoms with Crippen LogP contribution in [-0.4, -0.2) is 23.8 Å². The molecule has 0 radical (unpaired) electrons. The Morgan fingerprint density at radius 1 is 0.944 bits per heavy atom. The Morgan fingerprint density at radius 3 is 2.11 bits per heavy atom. The number of hydrogen-bond donors (Lipinski definition) is 1. The topological polar surface area (TPSA) is 46.5 Å². The Labute approximate surface area is 112 Å². The first kappa shape index (κ1) is 17.4. The number of carbonyl (C=O) groups is 1. The van der Waals surface area contributed by atoms with Crippen molar-refractivity contribution in [2.75, 3.05) is 6.61 Å². The number of unbranched alkanes of at least 4 members (excludes halogenated alkanes) is 7. The smallest absolute Gasteiger partial charge is 0.334 e. The van der Waals surface area contributed by atoms with Crippen LogP contribution in [0.2, 0.25) is 0 Å². The van der Waals surface area contributed by atoms with E-state index in [-0.39, 0.29) is 0 Å². The molecule has 0 bridgehead atoms. The van der Waals surface area contributed by atoms with E-state index < -0.39 is 12.1 Å². The minimum absolute atomic E-state index is 0.434. The second-order valence-corrected chi connectivity index (χ2v) is 4.95. The maximum atomic E-state index is 11.4. The third kappa shape index (κ3) is 10.6. The van der Waals surface area contributed by atoms with Gasteiger partial charge in [-0.3, -0.25) is 0 Å². The molecule has 108 valence electrons. The molecule has 0 heterocycles. The van der Waals surface area contributed by atoms with Crippen LogP contribution in [0.25, 0.3) is 0 Å². The Morgan fingerprint density at radius 2 is 1.50 bits per heavy atom. The fourth-order valence-electron chi connectivity index (χ4n) is 1.83. The highest BCUT2D eigenvalue weighted by molar-refractivity contribution is 5.74. The van der Waals surface area contributed by atoms with Crippen molar-refractivity contribution in [3.8, 4) is 0 Å². The first-order valence-electron chi connectivity index (χ1n) is 7.57. The van der Waals surface area contributed by atoms with E-state index in [0.717, 1.165) is 25.7 Å². The van der Waals surface area contributed by atoms with E-state index in [9.17, 15) is 9.90 Å². The molecule has 0 fully saturated rings. The lowest BCUT2D eigenvalue weighted by Gasteiger charge is -2.10. The molecule has 1 atom stereocenters. The Hall–Kier alpha value is -0.570. The first-order chi connectivity index (χ1) is 8.72. The highest BCUT2D eigenvalue weighted by Gasteiger charge is 2.15. The van der Waals surface area contributed by atoms with Gasteiger partial charge in [-0.2, -0.15) is 0 Å². The van der Waals surface area contributed by atoms with Gasteiger partial charge in [0.05, 0.1) is 6.61 Å². The van der Waals surface area contributed by atoms with Gasteiger partial charge in [0.25, 0.3) is 0 Å². The quantitative estimate of drug-likeness (QED) is 0.427. The van der Waals surface area contributed by atoms with Crippen molar-refractivity contribution < 1.29 is 14.6 Å². The molecule has 3 heteroatoms. The van der Waals surface area contributed by atoms with Gasteiger partial charge in [-0.25, -0.2) is 4.79 Å². The van der Waals surface area contributed by atoms with Crippen LogP contribution in [0.3, 0.4) is 0 Å². The van der Waals surface area contributed by atoms with Gasteiger partial charge < -0.3 is 9.84 Å². The van der Waals surface area contributed by atoms with E-state index in [0.29, 0.717) is 13.0 Å². The summed E-state index contributed by atoms with van der Waals surface area (Å²) in [5, 5.41) is 9.58. The Kier molecular flexibility index (Phi) is 12.5. The molecule has 0 aliphatic rings. The van der Waals surface area contributed by atoms with E-state index in [2.05, 4.69) is 6.92 Å². The van der Waals surface area contributed by atoms with Gasteiger partial charge in [-0.05, 0) is 12.8 Å². The SMILES string of the molecule is CCCCCCCCCC(O)C(=O)OCCCC. The van der Waals surface area contributed by atoms with Crippen molar-refractivity contribution in [1.29, 1.82) is 0 Å². The molecule has 0 aliphatic heterocycles. The molecule has 3 nitrogen and oxygen atoms in total. The van der Waals surface area contributed by atoms with Gasteiger partial charge in [0.15, 0.2) is 6.10 Å². The van der Waals surface area contributed by atoms with Crippen molar-refractivity contribution in [3.05, 3.63) is 0 Å². The molecule has 0 spiro atoms. The van der Waals surface area contributed by atoms with Gasteiger partial charge in [-0.15, -0.1) is 0 Å². The standard InChI is InChI=1S/C15H30O3/c1-3-5-7-8-9-10-11-12-14(16)15(17)18-13-6-4-2/h14,16H,3-13H2,1-2H3. The number of ether oxygens (including phenoxy) is 1. The van der Waals surface area contributed by atoms with Crippen LogP contribution < -0.4 is 0 Å². The number of esters is 1. The van der Waals surface area contributed by atoms with E-state index in [1.807, 2.05) is 6.92 Å². The maximum Gasteiger partial charge on any atom is 0.334 e.